The molecule has 2 aromatic rings. The predicted octanol–water partition coefficient (Wildman–Crippen LogP) is 3.27. The van der Waals surface area contributed by atoms with Crippen LogP contribution in [0.2, 0.25) is 0 Å². The smallest absolute Gasteiger partial charge is 0.339 e. The van der Waals surface area contributed by atoms with E-state index in [4.69, 9.17) is 4.18 Å². The first-order valence-corrected chi connectivity index (χ1v) is 7.84. The lowest BCUT2D eigenvalue weighted by Crippen LogP contribution is -2.11. The summed E-state index contributed by atoms with van der Waals surface area (Å²) in [6, 6.07) is 10.9. The van der Waals surface area contributed by atoms with E-state index in [9.17, 15) is 13.2 Å². The molecule has 21 heavy (non-hydrogen) atoms. The second kappa shape index (κ2) is 5.69. The van der Waals surface area contributed by atoms with Crippen molar-refractivity contribution in [2.75, 3.05) is 0 Å². The Morgan fingerprint density at radius 3 is 2.19 bits per heavy atom. The van der Waals surface area contributed by atoms with E-state index in [1.165, 1.54) is 31.2 Å². The van der Waals surface area contributed by atoms with Crippen LogP contribution in [0.3, 0.4) is 0 Å². The number of Topliss-reactive ketones (excluding diaryl/α,β-unsaturated/α-hetero) is 1. The van der Waals surface area contributed by atoms with Crippen molar-refractivity contribution in [1.82, 2.24) is 0 Å². The lowest BCUT2D eigenvalue weighted by Gasteiger charge is -2.11. The van der Waals surface area contributed by atoms with Gasteiger partial charge in [0.2, 0.25) is 0 Å². The van der Waals surface area contributed by atoms with Crippen LogP contribution in [-0.2, 0) is 10.1 Å². The molecule has 2 aromatic carbocycles. The number of carbonyl (C=O) groups excluding carboxylic acids is 1. The third-order valence-electron chi connectivity index (χ3n) is 3.30. The summed E-state index contributed by atoms with van der Waals surface area (Å²) in [5.74, 6) is 0.194. The van der Waals surface area contributed by atoms with Crippen molar-refractivity contribution < 1.29 is 17.4 Å². The number of rotatable bonds is 4. The van der Waals surface area contributed by atoms with Gasteiger partial charge in [0.15, 0.2) is 5.78 Å². The highest BCUT2D eigenvalue weighted by molar-refractivity contribution is 7.87. The Hall–Kier alpha value is -2.14. The Morgan fingerprint density at radius 2 is 1.62 bits per heavy atom. The van der Waals surface area contributed by atoms with Gasteiger partial charge in [0.1, 0.15) is 10.6 Å². The Labute approximate surface area is 124 Å². The maximum atomic E-state index is 12.2. The van der Waals surface area contributed by atoms with Gasteiger partial charge in [0.25, 0.3) is 0 Å². The lowest BCUT2D eigenvalue weighted by atomic mass is 10.1. The third kappa shape index (κ3) is 3.31. The van der Waals surface area contributed by atoms with Crippen LogP contribution in [-0.4, -0.2) is 14.2 Å². The maximum absolute atomic E-state index is 12.2. The summed E-state index contributed by atoms with van der Waals surface area (Å²) < 4.78 is 29.7. The third-order valence-corrected chi connectivity index (χ3v) is 4.55. The molecule has 4 nitrogen and oxygen atoms in total. The summed E-state index contributed by atoms with van der Waals surface area (Å²) in [7, 11) is -3.91. The fraction of sp³-hybridized carbons (Fsp3) is 0.188. The first-order chi connectivity index (χ1) is 9.81. The molecule has 0 spiro atoms. The van der Waals surface area contributed by atoms with Crippen LogP contribution >= 0.6 is 0 Å². The number of hydrogen-bond donors (Lipinski definition) is 0. The van der Waals surface area contributed by atoms with Gasteiger partial charge in [-0.1, -0.05) is 24.3 Å². The normalized spacial score (nSPS) is 11.2. The molecule has 110 valence electrons. The number of hydrogen-bond acceptors (Lipinski definition) is 4. The van der Waals surface area contributed by atoms with Crippen LogP contribution in [0.4, 0.5) is 0 Å². The number of ketones is 1. The molecule has 0 saturated carbocycles. The molecule has 0 atom stereocenters. The summed E-state index contributed by atoms with van der Waals surface area (Å²) in [5, 5.41) is 0. The minimum absolute atomic E-state index is 0.0217. The number of benzene rings is 2. The topological polar surface area (TPSA) is 60.4 Å². The molecule has 0 unspecified atom stereocenters. The van der Waals surface area contributed by atoms with E-state index < -0.39 is 10.1 Å². The quantitative estimate of drug-likeness (QED) is 0.642. The standard InChI is InChI=1S/C16H16O4S/c1-11-5-4-6-16(12(11)2)20-21(18,19)15-9-7-14(8-10-15)13(3)17/h4-10H,1-3H3. The molecule has 0 bridgehead atoms. The van der Waals surface area contributed by atoms with Gasteiger partial charge in [-0.2, -0.15) is 8.42 Å². The zero-order chi connectivity index (χ0) is 15.6. The van der Waals surface area contributed by atoms with Gasteiger partial charge >= 0.3 is 10.1 Å². The molecule has 0 radical (unpaired) electrons. The summed E-state index contributed by atoms with van der Waals surface area (Å²) in [5.41, 5.74) is 2.19. The van der Waals surface area contributed by atoms with E-state index in [1.54, 1.807) is 19.1 Å². The minimum atomic E-state index is -3.91. The van der Waals surface area contributed by atoms with Crippen molar-refractivity contribution in [2.45, 2.75) is 25.7 Å². The molecular formula is C16H16O4S. The highest BCUT2D eigenvalue weighted by Gasteiger charge is 2.18. The van der Waals surface area contributed by atoms with Crippen LogP contribution in [0.15, 0.2) is 47.4 Å². The van der Waals surface area contributed by atoms with Gasteiger partial charge < -0.3 is 4.18 Å². The SMILES string of the molecule is CC(=O)c1ccc(S(=O)(=O)Oc2cccc(C)c2C)cc1. The molecular weight excluding hydrogens is 288 g/mol. The highest BCUT2D eigenvalue weighted by atomic mass is 32.2. The van der Waals surface area contributed by atoms with E-state index in [2.05, 4.69) is 0 Å². The van der Waals surface area contributed by atoms with Crippen LogP contribution in [0.1, 0.15) is 28.4 Å². The number of aryl methyl sites for hydroxylation is 1. The summed E-state index contributed by atoms with van der Waals surface area (Å²) >= 11 is 0. The molecule has 0 aliphatic carbocycles. The summed E-state index contributed by atoms with van der Waals surface area (Å²) in [4.78, 5) is 11.2. The maximum Gasteiger partial charge on any atom is 0.339 e. The van der Waals surface area contributed by atoms with E-state index >= 15 is 0 Å². The van der Waals surface area contributed by atoms with E-state index in [0.29, 0.717) is 11.3 Å². The number of carbonyl (C=O) groups is 1. The van der Waals surface area contributed by atoms with Crippen molar-refractivity contribution in [3.63, 3.8) is 0 Å². The van der Waals surface area contributed by atoms with Gasteiger partial charge in [-0.05, 0) is 50.1 Å². The van der Waals surface area contributed by atoms with Gasteiger partial charge in [-0.3, -0.25) is 4.79 Å². The van der Waals surface area contributed by atoms with Gasteiger partial charge in [0, 0.05) is 5.56 Å². The lowest BCUT2D eigenvalue weighted by molar-refractivity contribution is 0.101. The van der Waals surface area contributed by atoms with Gasteiger partial charge in [-0.15, -0.1) is 0 Å². The molecule has 0 heterocycles. The highest BCUT2D eigenvalue weighted by Crippen LogP contribution is 2.24. The summed E-state index contributed by atoms with van der Waals surface area (Å²) in [6.45, 7) is 5.12. The van der Waals surface area contributed by atoms with E-state index in [0.717, 1.165) is 11.1 Å². The van der Waals surface area contributed by atoms with Crippen LogP contribution < -0.4 is 4.18 Å². The van der Waals surface area contributed by atoms with Gasteiger partial charge in [-0.25, -0.2) is 0 Å². The fourth-order valence-corrected chi connectivity index (χ4v) is 2.82. The molecule has 0 N–H and O–H groups in total. The van der Waals surface area contributed by atoms with Gasteiger partial charge in [0.05, 0.1) is 0 Å². The van der Waals surface area contributed by atoms with Crippen molar-refractivity contribution >= 4 is 15.9 Å². The van der Waals surface area contributed by atoms with Crippen LogP contribution in [0.5, 0.6) is 5.75 Å². The molecule has 0 aromatic heterocycles. The second-order valence-corrected chi connectivity index (χ2v) is 6.36. The molecule has 0 fully saturated rings. The average molecular weight is 304 g/mol. The molecule has 0 aliphatic rings. The second-order valence-electron chi connectivity index (χ2n) is 4.82. The molecule has 2 rings (SSSR count). The molecule has 0 amide bonds. The van der Waals surface area contributed by atoms with Crippen molar-refractivity contribution in [3.05, 3.63) is 59.2 Å². The fourth-order valence-electron chi connectivity index (χ4n) is 1.84. The van der Waals surface area contributed by atoms with Crippen molar-refractivity contribution in [1.29, 1.82) is 0 Å². The van der Waals surface area contributed by atoms with Crippen LogP contribution in [0.25, 0.3) is 0 Å². The Balaban J connectivity index is 2.34. The largest absolute Gasteiger partial charge is 0.379 e. The molecule has 0 saturated heterocycles. The Kier molecular flexibility index (Phi) is 4.14. The first-order valence-electron chi connectivity index (χ1n) is 6.43. The van der Waals surface area contributed by atoms with E-state index in [1.807, 2.05) is 13.0 Å². The summed E-state index contributed by atoms with van der Waals surface area (Å²) in [6.07, 6.45) is 0. The van der Waals surface area contributed by atoms with Crippen LogP contribution in [0, 0.1) is 13.8 Å². The molecule has 0 aliphatic heterocycles. The Bertz CT molecular complexity index is 774. The average Bonchev–Trinajstić information content (AvgIpc) is 2.44. The molecule has 5 heteroatoms. The zero-order valence-electron chi connectivity index (χ0n) is 12.1. The monoisotopic (exact) mass is 304 g/mol. The van der Waals surface area contributed by atoms with Crippen molar-refractivity contribution in [2.24, 2.45) is 0 Å². The predicted molar refractivity (Wildman–Crippen MR) is 80.2 cm³/mol. The first kappa shape index (κ1) is 15.3. The minimum Gasteiger partial charge on any atom is -0.379 e. The zero-order valence-corrected chi connectivity index (χ0v) is 12.9. The Morgan fingerprint density at radius 1 is 1.00 bits per heavy atom. The van der Waals surface area contributed by atoms with Crippen molar-refractivity contribution in [3.8, 4) is 5.75 Å². The van der Waals surface area contributed by atoms with E-state index in [-0.39, 0.29) is 10.7 Å².